The van der Waals surface area contributed by atoms with Gasteiger partial charge in [-0.1, -0.05) is 30.3 Å². The molecular formula is C17H24N4. The molecule has 1 saturated heterocycles. The molecule has 0 radical (unpaired) electrons. The molecule has 0 atom stereocenters. The number of benzene rings is 1. The fraction of sp³-hybridized carbons (Fsp3) is 0.471. The minimum Gasteiger partial charge on any atom is -0.297 e. The third kappa shape index (κ3) is 3.71. The van der Waals surface area contributed by atoms with Crippen molar-refractivity contribution in [1.82, 2.24) is 19.6 Å². The van der Waals surface area contributed by atoms with E-state index in [1.54, 1.807) is 0 Å². The van der Waals surface area contributed by atoms with E-state index < -0.39 is 0 Å². The Morgan fingerprint density at radius 1 is 0.952 bits per heavy atom. The summed E-state index contributed by atoms with van der Waals surface area (Å²) in [5.74, 6) is 0. The molecule has 0 aliphatic carbocycles. The predicted octanol–water partition coefficient (Wildman–Crippen LogP) is 2.28. The molecule has 21 heavy (non-hydrogen) atoms. The van der Waals surface area contributed by atoms with E-state index in [1.807, 2.05) is 0 Å². The van der Waals surface area contributed by atoms with Crippen LogP contribution in [0.4, 0.5) is 0 Å². The predicted molar refractivity (Wildman–Crippen MR) is 85.0 cm³/mol. The van der Waals surface area contributed by atoms with Gasteiger partial charge in [0.25, 0.3) is 0 Å². The lowest BCUT2D eigenvalue weighted by atomic mass is 10.2. The molecule has 1 aliphatic rings. The maximum absolute atomic E-state index is 4.55. The molecule has 3 rings (SSSR count). The molecule has 0 N–H and O–H groups in total. The first kappa shape index (κ1) is 14.3. The molecule has 1 aliphatic heterocycles. The molecule has 0 bridgehead atoms. The van der Waals surface area contributed by atoms with Crippen molar-refractivity contribution in [3.05, 3.63) is 53.3 Å². The van der Waals surface area contributed by atoms with Crippen LogP contribution in [0, 0.1) is 13.8 Å². The topological polar surface area (TPSA) is 24.3 Å². The van der Waals surface area contributed by atoms with Crippen molar-refractivity contribution >= 4 is 0 Å². The van der Waals surface area contributed by atoms with Gasteiger partial charge in [-0.05, 0) is 25.5 Å². The van der Waals surface area contributed by atoms with Gasteiger partial charge in [-0.3, -0.25) is 14.5 Å². The van der Waals surface area contributed by atoms with Gasteiger partial charge >= 0.3 is 0 Å². The van der Waals surface area contributed by atoms with Crippen molar-refractivity contribution in [2.45, 2.75) is 27.1 Å². The summed E-state index contributed by atoms with van der Waals surface area (Å²) in [5, 5.41) is 4.55. The van der Waals surface area contributed by atoms with E-state index >= 15 is 0 Å². The normalized spacial score (nSPS) is 17.2. The lowest BCUT2D eigenvalue weighted by Crippen LogP contribution is -2.46. The second-order valence-corrected chi connectivity index (χ2v) is 5.95. The van der Waals surface area contributed by atoms with Crippen LogP contribution in [0.15, 0.2) is 36.4 Å². The third-order valence-corrected chi connectivity index (χ3v) is 4.15. The first-order chi connectivity index (χ1) is 10.2. The highest BCUT2D eigenvalue weighted by atomic mass is 15.4. The summed E-state index contributed by atoms with van der Waals surface area (Å²) in [6.07, 6.45) is 0. The molecule has 0 spiro atoms. The SMILES string of the molecule is Cc1cc(C)n(CN2CCN(Cc3ccccc3)CC2)n1. The summed E-state index contributed by atoms with van der Waals surface area (Å²) in [4.78, 5) is 5.02. The van der Waals surface area contributed by atoms with Crippen LogP contribution in [-0.2, 0) is 13.2 Å². The van der Waals surface area contributed by atoms with Gasteiger partial charge in [0.05, 0.1) is 12.4 Å². The van der Waals surface area contributed by atoms with Gasteiger partial charge in [0.1, 0.15) is 0 Å². The Morgan fingerprint density at radius 2 is 1.62 bits per heavy atom. The van der Waals surface area contributed by atoms with Crippen LogP contribution in [0.25, 0.3) is 0 Å². The van der Waals surface area contributed by atoms with Crippen molar-refractivity contribution in [3.8, 4) is 0 Å². The maximum Gasteiger partial charge on any atom is 0.0932 e. The molecule has 4 nitrogen and oxygen atoms in total. The van der Waals surface area contributed by atoms with Gasteiger partial charge in [-0.25, -0.2) is 0 Å². The molecule has 2 heterocycles. The quantitative estimate of drug-likeness (QED) is 0.861. The largest absolute Gasteiger partial charge is 0.297 e. The number of hydrogen-bond acceptors (Lipinski definition) is 3. The molecular weight excluding hydrogens is 260 g/mol. The minimum atomic E-state index is 0.916. The van der Waals surface area contributed by atoms with E-state index in [0.717, 1.165) is 45.1 Å². The van der Waals surface area contributed by atoms with E-state index in [1.165, 1.54) is 11.3 Å². The van der Waals surface area contributed by atoms with Crippen LogP contribution in [0.5, 0.6) is 0 Å². The Hall–Kier alpha value is -1.65. The molecule has 112 valence electrons. The highest BCUT2D eigenvalue weighted by Gasteiger charge is 2.17. The Kier molecular flexibility index (Phi) is 4.36. The number of rotatable bonds is 4. The van der Waals surface area contributed by atoms with Gasteiger partial charge in [0.15, 0.2) is 0 Å². The van der Waals surface area contributed by atoms with Crippen molar-refractivity contribution in [3.63, 3.8) is 0 Å². The van der Waals surface area contributed by atoms with E-state index in [9.17, 15) is 0 Å². The van der Waals surface area contributed by atoms with Crippen LogP contribution >= 0.6 is 0 Å². The Balaban J connectivity index is 1.50. The van der Waals surface area contributed by atoms with Crippen molar-refractivity contribution in [2.75, 3.05) is 26.2 Å². The smallest absolute Gasteiger partial charge is 0.0932 e. The molecule has 1 aromatic carbocycles. The summed E-state index contributed by atoms with van der Waals surface area (Å²) in [6.45, 7) is 10.7. The molecule has 0 saturated carbocycles. The van der Waals surface area contributed by atoms with Gasteiger partial charge in [0, 0.05) is 38.4 Å². The summed E-state index contributed by atoms with van der Waals surface area (Å²) in [7, 11) is 0. The number of aromatic nitrogens is 2. The van der Waals surface area contributed by atoms with E-state index in [4.69, 9.17) is 0 Å². The van der Waals surface area contributed by atoms with Crippen LogP contribution in [-0.4, -0.2) is 45.8 Å². The lowest BCUT2D eigenvalue weighted by Gasteiger charge is -2.34. The fourth-order valence-electron chi connectivity index (χ4n) is 2.94. The molecule has 1 fully saturated rings. The van der Waals surface area contributed by atoms with Crippen LogP contribution < -0.4 is 0 Å². The van der Waals surface area contributed by atoms with Gasteiger partial charge in [-0.15, -0.1) is 0 Å². The highest BCUT2D eigenvalue weighted by Crippen LogP contribution is 2.10. The summed E-state index contributed by atoms with van der Waals surface area (Å²) >= 11 is 0. The molecule has 1 aromatic heterocycles. The first-order valence-corrected chi connectivity index (χ1v) is 7.70. The fourth-order valence-corrected chi connectivity index (χ4v) is 2.94. The summed E-state index contributed by atoms with van der Waals surface area (Å²) < 4.78 is 2.11. The Labute approximate surface area is 127 Å². The zero-order valence-electron chi connectivity index (χ0n) is 13.0. The summed E-state index contributed by atoms with van der Waals surface area (Å²) in [5.41, 5.74) is 3.76. The number of nitrogens with zero attached hydrogens (tertiary/aromatic N) is 4. The average Bonchev–Trinajstić information content (AvgIpc) is 2.80. The number of piperazine rings is 1. The van der Waals surface area contributed by atoms with Gasteiger partial charge in [0.2, 0.25) is 0 Å². The second-order valence-electron chi connectivity index (χ2n) is 5.95. The zero-order chi connectivity index (χ0) is 14.7. The van der Waals surface area contributed by atoms with Crippen molar-refractivity contribution in [2.24, 2.45) is 0 Å². The Morgan fingerprint density at radius 3 is 2.24 bits per heavy atom. The molecule has 0 amide bonds. The number of hydrogen-bond donors (Lipinski definition) is 0. The summed E-state index contributed by atoms with van der Waals surface area (Å²) in [6, 6.07) is 12.9. The van der Waals surface area contributed by atoms with Gasteiger partial charge < -0.3 is 0 Å². The van der Waals surface area contributed by atoms with E-state index in [-0.39, 0.29) is 0 Å². The molecule has 2 aromatic rings. The molecule has 4 heteroatoms. The van der Waals surface area contributed by atoms with E-state index in [2.05, 4.69) is 69.8 Å². The lowest BCUT2D eigenvalue weighted by molar-refractivity contribution is 0.0979. The van der Waals surface area contributed by atoms with Crippen molar-refractivity contribution < 1.29 is 0 Å². The minimum absolute atomic E-state index is 0.916. The standard InChI is InChI=1S/C17H24N4/c1-15-12-16(2)21(18-15)14-20-10-8-19(9-11-20)13-17-6-4-3-5-7-17/h3-7,12H,8-11,13-14H2,1-2H3. The zero-order valence-corrected chi connectivity index (χ0v) is 13.0. The van der Waals surface area contributed by atoms with Crippen molar-refractivity contribution in [1.29, 1.82) is 0 Å². The molecule has 0 unspecified atom stereocenters. The van der Waals surface area contributed by atoms with Gasteiger partial charge in [-0.2, -0.15) is 5.10 Å². The van der Waals surface area contributed by atoms with Crippen LogP contribution in [0.2, 0.25) is 0 Å². The maximum atomic E-state index is 4.55. The number of aryl methyl sites for hydroxylation is 2. The first-order valence-electron chi connectivity index (χ1n) is 7.70. The Bertz CT molecular complexity index is 568. The monoisotopic (exact) mass is 284 g/mol. The third-order valence-electron chi connectivity index (χ3n) is 4.15. The van der Waals surface area contributed by atoms with Crippen LogP contribution in [0.1, 0.15) is 17.0 Å². The average molecular weight is 284 g/mol. The van der Waals surface area contributed by atoms with E-state index in [0.29, 0.717) is 0 Å². The second kappa shape index (κ2) is 6.41. The highest BCUT2D eigenvalue weighted by molar-refractivity contribution is 5.14. The van der Waals surface area contributed by atoms with Crippen LogP contribution in [0.3, 0.4) is 0 Å².